The molecule has 4 rings (SSSR count). The number of fused-ring (bicyclic) bond motifs is 1. The lowest BCUT2D eigenvalue weighted by molar-refractivity contribution is 0.0692. The number of hydrogen-bond donors (Lipinski definition) is 2. The molecule has 1 aliphatic heterocycles. The standard InChI is InChI=1S/C21H23N3O2/c25-21(26)19-7-3-1-6-17(19)14-23-9-11-24(12-10-23)15-18-13-16-5-2-4-8-20(16)22-18/h1-8,13,22H,9-12,14-15H2,(H,25,26). The maximum absolute atomic E-state index is 11.4. The van der Waals surface area contributed by atoms with Gasteiger partial charge < -0.3 is 10.1 Å². The van der Waals surface area contributed by atoms with Gasteiger partial charge in [0.05, 0.1) is 5.56 Å². The highest BCUT2D eigenvalue weighted by Gasteiger charge is 2.19. The van der Waals surface area contributed by atoms with Gasteiger partial charge >= 0.3 is 5.97 Å². The summed E-state index contributed by atoms with van der Waals surface area (Å²) in [5.41, 5.74) is 3.74. The predicted molar refractivity (Wildman–Crippen MR) is 102 cm³/mol. The van der Waals surface area contributed by atoms with Gasteiger partial charge in [-0.1, -0.05) is 36.4 Å². The van der Waals surface area contributed by atoms with E-state index in [2.05, 4.69) is 45.1 Å². The Balaban J connectivity index is 1.35. The van der Waals surface area contributed by atoms with Crippen LogP contribution in [0.3, 0.4) is 0 Å². The third kappa shape index (κ3) is 3.64. The number of H-pyrrole nitrogens is 1. The van der Waals surface area contributed by atoms with E-state index in [0.29, 0.717) is 12.1 Å². The van der Waals surface area contributed by atoms with Crippen molar-refractivity contribution in [3.63, 3.8) is 0 Å². The lowest BCUT2D eigenvalue weighted by atomic mass is 10.1. The molecule has 1 fully saturated rings. The topological polar surface area (TPSA) is 59.6 Å². The van der Waals surface area contributed by atoms with E-state index in [1.54, 1.807) is 12.1 Å². The summed E-state index contributed by atoms with van der Waals surface area (Å²) in [6.45, 7) is 5.51. The summed E-state index contributed by atoms with van der Waals surface area (Å²) in [5.74, 6) is -0.849. The number of aromatic nitrogens is 1. The van der Waals surface area contributed by atoms with Crippen LogP contribution >= 0.6 is 0 Å². The van der Waals surface area contributed by atoms with E-state index in [4.69, 9.17) is 0 Å². The molecule has 5 heteroatoms. The fourth-order valence-corrected chi connectivity index (χ4v) is 3.67. The molecule has 1 aromatic heterocycles. The minimum Gasteiger partial charge on any atom is -0.478 e. The summed E-state index contributed by atoms with van der Waals surface area (Å²) in [6.07, 6.45) is 0. The second-order valence-corrected chi connectivity index (χ2v) is 6.90. The summed E-state index contributed by atoms with van der Waals surface area (Å²) in [6, 6.07) is 17.9. The first-order valence-corrected chi connectivity index (χ1v) is 9.01. The van der Waals surface area contributed by atoms with Gasteiger partial charge in [-0.2, -0.15) is 0 Å². The molecule has 0 unspecified atom stereocenters. The zero-order valence-electron chi connectivity index (χ0n) is 14.7. The number of para-hydroxylation sites is 1. The number of carboxylic acids is 1. The van der Waals surface area contributed by atoms with E-state index in [1.807, 2.05) is 12.1 Å². The van der Waals surface area contributed by atoms with Gasteiger partial charge in [0.1, 0.15) is 0 Å². The minimum absolute atomic E-state index is 0.410. The van der Waals surface area contributed by atoms with Crippen molar-refractivity contribution in [1.82, 2.24) is 14.8 Å². The summed E-state index contributed by atoms with van der Waals surface area (Å²) in [5, 5.41) is 10.6. The summed E-state index contributed by atoms with van der Waals surface area (Å²) in [4.78, 5) is 19.6. The molecule has 0 atom stereocenters. The Labute approximate surface area is 152 Å². The number of benzene rings is 2. The summed E-state index contributed by atoms with van der Waals surface area (Å²) in [7, 11) is 0. The molecule has 0 radical (unpaired) electrons. The van der Waals surface area contributed by atoms with Crippen LogP contribution in [0.5, 0.6) is 0 Å². The van der Waals surface area contributed by atoms with Crippen molar-refractivity contribution in [2.24, 2.45) is 0 Å². The quantitative estimate of drug-likeness (QED) is 0.743. The molecule has 0 amide bonds. The molecule has 134 valence electrons. The zero-order valence-corrected chi connectivity index (χ0v) is 14.7. The van der Waals surface area contributed by atoms with Crippen LogP contribution in [0.15, 0.2) is 54.6 Å². The van der Waals surface area contributed by atoms with Gasteiger partial charge in [0.2, 0.25) is 0 Å². The third-order valence-corrected chi connectivity index (χ3v) is 5.09. The first kappa shape index (κ1) is 16.8. The van der Waals surface area contributed by atoms with Gasteiger partial charge in [-0.3, -0.25) is 9.80 Å². The smallest absolute Gasteiger partial charge is 0.336 e. The van der Waals surface area contributed by atoms with Gasteiger partial charge in [0.15, 0.2) is 0 Å². The predicted octanol–water partition coefficient (Wildman–Crippen LogP) is 3.18. The lowest BCUT2D eigenvalue weighted by Crippen LogP contribution is -2.45. The molecule has 5 nitrogen and oxygen atoms in total. The van der Waals surface area contributed by atoms with Crippen LogP contribution in [0.4, 0.5) is 0 Å². The van der Waals surface area contributed by atoms with E-state index in [0.717, 1.165) is 38.3 Å². The first-order chi connectivity index (χ1) is 12.7. The van der Waals surface area contributed by atoms with E-state index in [-0.39, 0.29) is 0 Å². The maximum atomic E-state index is 11.4. The highest BCUT2D eigenvalue weighted by atomic mass is 16.4. The van der Waals surface area contributed by atoms with Crippen molar-refractivity contribution in [2.45, 2.75) is 13.1 Å². The average molecular weight is 349 g/mol. The molecule has 0 aliphatic carbocycles. The second kappa shape index (κ2) is 7.32. The molecular formula is C21H23N3O2. The Morgan fingerprint density at radius 1 is 0.923 bits per heavy atom. The van der Waals surface area contributed by atoms with Crippen molar-refractivity contribution in [3.05, 3.63) is 71.4 Å². The van der Waals surface area contributed by atoms with Gasteiger partial charge in [0.25, 0.3) is 0 Å². The Kier molecular flexibility index (Phi) is 4.73. The van der Waals surface area contributed by atoms with Crippen molar-refractivity contribution >= 4 is 16.9 Å². The fourth-order valence-electron chi connectivity index (χ4n) is 3.67. The van der Waals surface area contributed by atoms with Crippen molar-refractivity contribution < 1.29 is 9.90 Å². The van der Waals surface area contributed by atoms with Crippen molar-refractivity contribution in [2.75, 3.05) is 26.2 Å². The number of nitrogens with zero attached hydrogens (tertiary/aromatic N) is 2. The van der Waals surface area contributed by atoms with Crippen LogP contribution in [0, 0.1) is 0 Å². The number of carbonyl (C=O) groups is 1. The minimum atomic E-state index is -0.849. The Hall–Kier alpha value is -2.63. The molecule has 26 heavy (non-hydrogen) atoms. The molecule has 2 aromatic carbocycles. The largest absolute Gasteiger partial charge is 0.478 e. The number of carboxylic acid groups (broad SMARTS) is 1. The average Bonchev–Trinajstić information content (AvgIpc) is 3.06. The zero-order chi connectivity index (χ0) is 17.9. The molecular weight excluding hydrogens is 326 g/mol. The highest BCUT2D eigenvalue weighted by molar-refractivity contribution is 5.89. The number of aromatic carboxylic acids is 1. The number of hydrogen-bond acceptors (Lipinski definition) is 3. The van der Waals surface area contributed by atoms with Crippen LogP contribution < -0.4 is 0 Å². The van der Waals surface area contributed by atoms with Crippen LogP contribution in [-0.4, -0.2) is 52.0 Å². The van der Waals surface area contributed by atoms with E-state index in [1.165, 1.54) is 16.6 Å². The normalized spacial score (nSPS) is 16.2. The first-order valence-electron chi connectivity index (χ1n) is 9.01. The number of nitrogens with one attached hydrogen (secondary N) is 1. The van der Waals surface area contributed by atoms with Crippen LogP contribution in [-0.2, 0) is 13.1 Å². The summed E-state index contributed by atoms with van der Waals surface area (Å²) < 4.78 is 0. The van der Waals surface area contributed by atoms with E-state index >= 15 is 0 Å². The highest BCUT2D eigenvalue weighted by Crippen LogP contribution is 2.18. The molecule has 3 aromatic rings. The Bertz CT molecular complexity index is 877. The maximum Gasteiger partial charge on any atom is 0.336 e. The van der Waals surface area contributed by atoms with Crippen LogP contribution in [0.1, 0.15) is 21.6 Å². The Morgan fingerprint density at radius 2 is 1.58 bits per heavy atom. The molecule has 0 spiro atoms. The molecule has 2 heterocycles. The molecule has 1 saturated heterocycles. The third-order valence-electron chi connectivity index (χ3n) is 5.09. The summed E-state index contributed by atoms with van der Waals surface area (Å²) >= 11 is 0. The molecule has 0 saturated carbocycles. The van der Waals surface area contributed by atoms with Gasteiger partial charge in [-0.25, -0.2) is 4.79 Å². The second-order valence-electron chi connectivity index (χ2n) is 6.90. The van der Waals surface area contributed by atoms with Gasteiger partial charge in [0, 0.05) is 50.5 Å². The molecule has 1 aliphatic rings. The van der Waals surface area contributed by atoms with Crippen LogP contribution in [0.25, 0.3) is 10.9 Å². The van der Waals surface area contributed by atoms with Crippen LogP contribution in [0.2, 0.25) is 0 Å². The Morgan fingerprint density at radius 3 is 2.31 bits per heavy atom. The molecule has 0 bridgehead atoms. The van der Waals surface area contributed by atoms with Crippen molar-refractivity contribution in [1.29, 1.82) is 0 Å². The van der Waals surface area contributed by atoms with Gasteiger partial charge in [-0.15, -0.1) is 0 Å². The lowest BCUT2D eigenvalue weighted by Gasteiger charge is -2.34. The fraction of sp³-hybridized carbons (Fsp3) is 0.286. The molecule has 2 N–H and O–H groups in total. The monoisotopic (exact) mass is 349 g/mol. The van der Waals surface area contributed by atoms with Crippen molar-refractivity contribution in [3.8, 4) is 0 Å². The van der Waals surface area contributed by atoms with E-state index < -0.39 is 5.97 Å². The number of aromatic amines is 1. The number of piperazine rings is 1. The SMILES string of the molecule is O=C(O)c1ccccc1CN1CCN(Cc2cc3ccccc3[nH]2)CC1. The number of rotatable bonds is 5. The van der Waals surface area contributed by atoms with E-state index in [9.17, 15) is 9.90 Å². The van der Waals surface area contributed by atoms with Gasteiger partial charge in [-0.05, 0) is 29.1 Å².